The Morgan fingerprint density at radius 2 is 1.76 bits per heavy atom. The first kappa shape index (κ1) is 16.0. The van der Waals surface area contributed by atoms with Gasteiger partial charge in [-0.05, 0) is 42.5 Å². The number of rotatable bonds is 4. The third-order valence-electron chi connectivity index (χ3n) is 2.63. The summed E-state index contributed by atoms with van der Waals surface area (Å²) < 4.78 is 25.4. The van der Waals surface area contributed by atoms with Crippen molar-refractivity contribution in [3.05, 3.63) is 63.1 Å². The van der Waals surface area contributed by atoms with Crippen molar-refractivity contribution in [2.75, 3.05) is 11.0 Å². The lowest BCUT2D eigenvalue weighted by molar-refractivity contribution is 0.103. The highest BCUT2D eigenvalue weighted by Gasteiger charge is 2.13. The molecule has 0 saturated carbocycles. The number of anilines is 1. The molecule has 110 valence electrons. The minimum absolute atomic E-state index is 0.224. The van der Waals surface area contributed by atoms with Crippen molar-refractivity contribution in [2.24, 2.45) is 0 Å². The molecule has 0 atom stereocenters. The number of hydrogen-bond acceptors (Lipinski definition) is 3. The Labute approximate surface area is 136 Å². The van der Waals surface area contributed by atoms with E-state index < -0.39 is 10.0 Å². The van der Waals surface area contributed by atoms with E-state index in [1.807, 2.05) is 0 Å². The molecule has 0 fully saturated rings. The van der Waals surface area contributed by atoms with Crippen molar-refractivity contribution in [3.63, 3.8) is 0 Å². The molecule has 0 bridgehead atoms. The Kier molecular flexibility index (Phi) is 4.70. The fraction of sp³-hybridized carbons (Fsp3) is 0.0714. The van der Waals surface area contributed by atoms with E-state index in [4.69, 9.17) is 11.6 Å². The standard InChI is InChI=1S/C14H11BrClNO3S/c1-21(19,20)17-11-5-2-9(3-6-11)14(18)12-7-4-10(15)8-13(12)16/h2-8,17H,1H3. The second kappa shape index (κ2) is 6.17. The van der Waals surface area contributed by atoms with Crippen LogP contribution in [0.2, 0.25) is 5.02 Å². The Morgan fingerprint density at radius 1 is 1.14 bits per heavy atom. The number of carbonyl (C=O) groups excluding carboxylic acids is 1. The summed E-state index contributed by atoms with van der Waals surface area (Å²) in [6, 6.07) is 11.2. The smallest absolute Gasteiger partial charge is 0.229 e. The molecule has 0 aromatic heterocycles. The van der Waals surface area contributed by atoms with Crippen LogP contribution < -0.4 is 4.72 Å². The van der Waals surface area contributed by atoms with Crippen molar-refractivity contribution in [2.45, 2.75) is 0 Å². The van der Waals surface area contributed by atoms with Crippen LogP contribution >= 0.6 is 27.5 Å². The minimum Gasteiger partial charge on any atom is -0.289 e. The summed E-state index contributed by atoms with van der Waals surface area (Å²) in [6.07, 6.45) is 1.06. The van der Waals surface area contributed by atoms with Gasteiger partial charge in [0.2, 0.25) is 10.0 Å². The van der Waals surface area contributed by atoms with Gasteiger partial charge in [0.15, 0.2) is 5.78 Å². The van der Waals surface area contributed by atoms with E-state index in [0.717, 1.165) is 10.7 Å². The summed E-state index contributed by atoms with van der Waals surface area (Å²) in [5.74, 6) is -0.224. The van der Waals surface area contributed by atoms with Crippen LogP contribution in [0.1, 0.15) is 15.9 Å². The molecule has 2 aromatic carbocycles. The number of halogens is 2. The van der Waals surface area contributed by atoms with Crippen LogP contribution in [-0.2, 0) is 10.0 Å². The second-order valence-electron chi connectivity index (χ2n) is 4.40. The second-order valence-corrected chi connectivity index (χ2v) is 7.48. The van der Waals surface area contributed by atoms with Gasteiger partial charge < -0.3 is 0 Å². The number of sulfonamides is 1. The van der Waals surface area contributed by atoms with Crippen LogP contribution in [0.15, 0.2) is 46.9 Å². The normalized spacial score (nSPS) is 11.2. The predicted octanol–water partition coefficient (Wildman–Crippen LogP) is 3.71. The Bertz CT molecular complexity index is 788. The first-order chi connectivity index (χ1) is 9.76. The lowest BCUT2D eigenvalue weighted by atomic mass is 10.0. The zero-order valence-corrected chi connectivity index (χ0v) is 14.1. The topological polar surface area (TPSA) is 63.2 Å². The Morgan fingerprint density at radius 3 is 2.29 bits per heavy atom. The molecule has 1 N–H and O–H groups in total. The molecule has 2 aromatic rings. The molecule has 0 radical (unpaired) electrons. The molecule has 0 aliphatic heterocycles. The molecular formula is C14H11BrClNO3S. The SMILES string of the molecule is CS(=O)(=O)Nc1ccc(C(=O)c2ccc(Br)cc2Cl)cc1. The molecule has 4 nitrogen and oxygen atoms in total. The summed E-state index contributed by atoms with van der Waals surface area (Å²) in [5, 5.41) is 0.354. The van der Waals surface area contributed by atoms with Crippen molar-refractivity contribution in [1.29, 1.82) is 0 Å². The van der Waals surface area contributed by atoms with E-state index in [2.05, 4.69) is 20.7 Å². The molecule has 0 saturated heterocycles. The van der Waals surface area contributed by atoms with Gasteiger partial charge in [-0.3, -0.25) is 9.52 Å². The molecule has 0 spiro atoms. The third kappa shape index (κ3) is 4.30. The highest BCUT2D eigenvalue weighted by Crippen LogP contribution is 2.24. The average molecular weight is 389 g/mol. The highest BCUT2D eigenvalue weighted by atomic mass is 79.9. The monoisotopic (exact) mass is 387 g/mol. The fourth-order valence-corrected chi connectivity index (χ4v) is 3.06. The molecule has 2 rings (SSSR count). The van der Waals surface area contributed by atoms with Gasteiger partial charge in [0.1, 0.15) is 0 Å². The van der Waals surface area contributed by atoms with Crippen molar-refractivity contribution in [3.8, 4) is 0 Å². The van der Waals surface area contributed by atoms with Crippen molar-refractivity contribution in [1.82, 2.24) is 0 Å². The summed E-state index contributed by atoms with van der Waals surface area (Å²) in [7, 11) is -3.34. The first-order valence-corrected chi connectivity index (χ1v) is 8.90. The van der Waals surface area contributed by atoms with Crippen LogP contribution in [0.5, 0.6) is 0 Å². The molecule has 0 aliphatic carbocycles. The quantitative estimate of drug-likeness (QED) is 0.812. The maximum atomic E-state index is 12.3. The van der Waals surface area contributed by atoms with Crippen LogP contribution in [0.4, 0.5) is 5.69 Å². The molecule has 7 heteroatoms. The van der Waals surface area contributed by atoms with Gasteiger partial charge in [0.25, 0.3) is 0 Å². The molecular weight excluding hydrogens is 378 g/mol. The summed E-state index contributed by atoms with van der Waals surface area (Å²) in [4.78, 5) is 12.3. The molecule has 0 amide bonds. The van der Waals surface area contributed by atoms with Gasteiger partial charge in [-0.1, -0.05) is 27.5 Å². The highest BCUT2D eigenvalue weighted by molar-refractivity contribution is 9.10. The first-order valence-electron chi connectivity index (χ1n) is 5.84. The van der Waals surface area contributed by atoms with E-state index >= 15 is 0 Å². The lowest BCUT2D eigenvalue weighted by Crippen LogP contribution is -2.09. The zero-order valence-electron chi connectivity index (χ0n) is 10.9. The van der Waals surface area contributed by atoms with Crippen molar-refractivity contribution < 1.29 is 13.2 Å². The maximum absolute atomic E-state index is 12.3. The molecule has 0 aliphatic rings. The summed E-state index contributed by atoms with van der Waals surface area (Å²) in [6.45, 7) is 0. The predicted molar refractivity (Wildman–Crippen MR) is 87.5 cm³/mol. The van der Waals surface area contributed by atoms with Crippen LogP contribution in [-0.4, -0.2) is 20.5 Å². The third-order valence-corrected chi connectivity index (χ3v) is 4.04. The lowest BCUT2D eigenvalue weighted by Gasteiger charge is -2.06. The minimum atomic E-state index is -3.34. The number of ketones is 1. The van der Waals surface area contributed by atoms with E-state index in [9.17, 15) is 13.2 Å². The number of nitrogens with one attached hydrogen (secondary N) is 1. The summed E-state index contributed by atoms with van der Waals surface area (Å²) >= 11 is 9.33. The molecule has 0 heterocycles. The number of carbonyl (C=O) groups is 1. The van der Waals surface area contributed by atoms with Crippen LogP contribution in [0.3, 0.4) is 0 Å². The van der Waals surface area contributed by atoms with Gasteiger partial charge in [0, 0.05) is 21.3 Å². The van der Waals surface area contributed by atoms with Gasteiger partial charge in [-0.15, -0.1) is 0 Å². The van der Waals surface area contributed by atoms with Crippen LogP contribution in [0.25, 0.3) is 0 Å². The van der Waals surface area contributed by atoms with E-state index in [1.54, 1.807) is 30.3 Å². The van der Waals surface area contributed by atoms with E-state index in [-0.39, 0.29) is 5.78 Å². The van der Waals surface area contributed by atoms with E-state index in [1.165, 1.54) is 12.1 Å². The van der Waals surface area contributed by atoms with Crippen LogP contribution in [0, 0.1) is 0 Å². The van der Waals surface area contributed by atoms with Gasteiger partial charge in [0.05, 0.1) is 11.3 Å². The summed E-state index contributed by atoms with van der Waals surface area (Å²) in [5.41, 5.74) is 1.22. The average Bonchev–Trinajstić information content (AvgIpc) is 2.37. The maximum Gasteiger partial charge on any atom is 0.229 e. The fourth-order valence-electron chi connectivity index (χ4n) is 1.73. The van der Waals surface area contributed by atoms with E-state index in [0.29, 0.717) is 21.8 Å². The largest absolute Gasteiger partial charge is 0.289 e. The number of benzene rings is 2. The van der Waals surface area contributed by atoms with Crippen molar-refractivity contribution >= 4 is 49.0 Å². The zero-order chi connectivity index (χ0) is 15.6. The Balaban J connectivity index is 2.28. The van der Waals surface area contributed by atoms with Gasteiger partial charge in [-0.2, -0.15) is 0 Å². The molecule has 0 unspecified atom stereocenters. The molecule has 21 heavy (non-hydrogen) atoms. The Hall–Kier alpha value is -1.37. The van der Waals surface area contributed by atoms with Gasteiger partial charge in [-0.25, -0.2) is 8.42 Å². The van der Waals surface area contributed by atoms with Gasteiger partial charge >= 0.3 is 0 Å². The number of hydrogen-bond donors (Lipinski definition) is 1.